The molecule has 0 aromatic heterocycles. The quantitative estimate of drug-likeness (QED) is 0.751. The first-order valence-corrected chi connectivity index (χ1v) is 5.25. The summed E-state index contributed by atoms with van der Waals surface area (Å²) in [5.41, 5.74) is 7.68. The summed E-state index contributed by atoms with van der Waals surface area (Å²) in [6.45, 7) is 2.76. The summed E-state index contributed by atoms with van der Waals surface area (Å²) < 4.78 is 0. The van der Waals surface area contributed by atoms with E-state index in [1.807, 2.05) is 12.1 Å². The van der Waals surface area contributed by atoms with Crippen LogP contribution in [0.25, 0.3) is 0 Å². The Morgan fingerprint density at radius 1 is 1.43 bits per heavy atom. The highest BCUT2D eigenvalue weighted by Gasteiger charge is 2.06. The number of aliphatic hydroxyl groups is 1. The van der Waals surface area contributed by atoms with Crippen LogP contribution in [0.15, 0.2) is 24.3 Å². The molecular formula is C12H19NO. The average molecular weight is 193 g/mol. The predicted molar refractivity (Wildman–Crippen MR) is 59.1 cm³/mol. The maximum absolute atomic E-state index is 9.82. The molecule has 2 heteroatoms. The molecule has 0 saturated heterocycles. The number of aliphatic hydroxyl groups excluding tert-OH is 1. The summed E-state index contributed by atoms with van der Waals surface area (Å²) in [4.78, 5) is 0. The molecule has 3 N–H and O–H groups in total. The minimum Gasteiger partial charge on any atom is -0.388 e. The SMILES string of the molecule is CCc1cccc(C(O)CCCN)c1. The maximum atomic E-state index is 9.82. The van der Waals surface area contributed by atoms with Gasteiger partial charge in [-0.1, -0.05) is 31.2 Å². The molecule has 1 aromatic rings. The molecule has 0 aliphatic carbocycles. The predicted octanol–water partition coefficient (Wildman–Crippen LogP) is 2.02. The van der Waals surface area contributed by atoms with Crippen molar-refractivity contribution in [3.05, 3.63) is 35.4 Å². The van der Waals surface area contributed by atoms with E-state index in [4.69, 9.17) is 5.73 Å². The summed E-state index contributed by atoms with van der Waals surface area (Å²) in [5, 5.41) is 9.82. The number of hydrogen-bond acceptors (Lipinski definition) is 2. The van der Waals surface area contributed by atoms with E-state index in [1.165, 1.54) is 5.56 Å². The Bertz CT molecular complexity index is 273. The van der Waals surface area contributed by atoms with Gasteiger partial charge >= 0.3 is 0 Å². The van der Waals surface area contributed by atoms with Gasteiger partial charge in [-0.25, -0.2) is 0 Å². The van der Waals surface area contributed by atoms with Crippen LogP contribution < -0.4 is 5.73 Å². The number of aryl methyl sites for hydroxylation is 1. The van der Waals surface area contributed by atoms with E-state index < -0.39 is 0 Å². The Morgan fingerprint density at radius 2 is 2.21 bits per heavy atom. The first-order chi connectivity index (χ1) is 6.77. The van der Waals surface area contributed by atoms with Crippen LogP contribution in [0.3, 0.4) is 0 Å². The van der Waals surface area contributed by atoms with E-state index >= 15 is 0 Å². The molecule has 0 heterocycles. The Hall–Kier alpha value is -0.860. The van der Waals surface area contributed by atoms with Crippen molar-refractivity contribution in [1.29, 1.82) is 0 Å². The van der Waals surface area contributed by atoms with Gasteiger partial charge in [0.15, 0.2) is 0 Å². The molecule has 1 rings (SSSR count). The van der Waals surface area contributed by atoms with Gasteiger partial charge in [0.2, 0.25) is 0 Å². The van der Waals surface area contributed by atoms with E-state index in [-0.39, 0.29) is 6.10 Å². The highest BCUT2D eigenvalue weighted by Crippen LogP contribution is 2.19. The molecule has 1 atom stereocenters. The fraction of sp³-hybridized carbons (Fsp3) is 0.500. The van der Waals surface area contributed by atoms with E-state index in [0.29, 0.717) is 6.54 Å². The standard InChI is InChI=1S/C12H19NO/c1-2-10-5-3-6-11(9-10)12(14)7-4-8-13/h3,5-6,9,12,14H,2,4,7-8,13H2,1H3. The molecule has 14 heavy (non-hydrogen) atoms. The van der Waals surface area contributed by atoms with Crippen molar-refractivity contribution in [1.82, 2.24) is 0 Å². The van der Waals surface area contributed by atoms with Crippen LogP contribution in [0.1, 0.15) is 37.0 Å². The molecule has 0 aliphatic heterocycles. The van der Waals surface area contributed by atoms with Crippen LogP contribution in [-0.4, -0.2) is 11.7 Å². The lowest BCUT2D eigenvalue weighted by atomic mass is 10.0. The highest BCUT2D eigenvalue weighted by molar-refractivity contribution is 5.25. The second-order valence-electron chi connectivity index (χ2n) is 3.55. The average Bonchev–Trinajstić information content (AvgIpc) is 2.26. The fourth-order valence-electron chi connectivity index (χ4n) is 1.50. The molecular weight excluding hydrogens is 174 g/mol. The number of nitrogens with two attached hydrogens (primary N) is 1. The van der Waals surface area contributed by atoms with Gasteiger partial charge in [-0.15, -0.1) is 0 Å². The summed E-state index contributed by atoms with van der Waals surface area (Å²) in [6, 6.07) is 8.13. The highest BCUT2D eigenvalue weighted by atomic mass is 16.3. The van der Waals surface area contributed by atoms with Crippen LogP contribution in [0.4, 0.5) is 0 Å². The molecule has 0 spiro atoms. The van der Waals surface area contributed by atoms with Crippen LogP contribution in [-0.2, 0) is 6.42 Å². The van der Waals surface area contributed by atoms with Crippen LogP contribution >= 0.6 is 0 Å². The van der Waals surface area contributed by atoms with Gasteiger partial charge in [-0.05, 0) is 36.9 Å². The molecule has 1 unspecified atom stereocenters. The molecule has 0 fully saturated rings. The van der Waals surface area contributed by atoms with Crippen molar-refractivity contribution in [2.75, 3.05) is 6.54 Å². The van der Waals surface area contributed by atoms with E-state index in [0.717, 1.165) is 24.8 Å². The first kappa shape index (κ1) is 11.2. The van der Waals surface area contributed by atoms with Gasteiger partial charge < -0.3 is 10.8 Å². The second-order valence-corrected chi connectivity index (χ2v) is 3.55. The monoisotopic (exact) mass is 193 g/mol. The van der Waals surface area contributed by atoms with Gasteiger partial charge in [-0.2, -0.15) is 0 Å². The molecule has 2 nitrogen and oxygen atoms in total. The first-order valence-electron chi connectivity index (χ1n) is 5.25. The zero-order valence-corrected chi connectivity index (χ0v) is 8.74. The lowest BCUT2D eigenvalue weighted by Crippen LogP contribution is -2.04. The fourth-order valence-corrected chi connectivity index (χ4v) is 1.50. The Labute approximate surface area is 85.8 Å². The zero-order chi connectivity index (χ0) is 10.4. The Balaban J connectivity index is 2.64. The van der Waals surface area contributed by atoms with Crippen molar-refractivity contribution in [3.63, 3.8) is 0 Å². The molecule has 0 bridgehead atoms. The summed E-state index contributed by atoms with van der Waals surface area (Å²) in [5.74, 6) is 0. The molecule has 0 amide bonds. The Kier molecular flexibility index (Phi) is 4.63. The molecule has 1 aromatic carbocycles. The second kappa shape index (κ2) is 5.78. The third-order valence-corrected chi connectivity index (χ3v) is 2.43. The van der Waals surface area contributed by atoms with E-state index in [9.17, 15) is 5.11 Å². The molecule has 0 radical (unpaired) electrons. The van der Waals surface area contributed by atoms with Gasteiger partial charge in [0.1, 0.15) is 0 Å². The summed E-state index contributed by atoms with van der Waals surface area (Å²) >= 11 is 0. The van der Waals surface area contributed by atoms with Gasteiger partial charge in [0, 0.05) is 0 Å². The van der Waals surface area contributed by atoms with Gasteiger partial charge in [-0.3, -0.25) is 0 Å². The van der Waals surface area contributed by atoms with Crippen LogP contribution in [0.2, 0.25) is 0 Å². The molecule has 0 aliphatic rings. The third kappa shape index (κ3) is 3.13. The van der Waals surface area contributed by atoms with Crippen molar-refractivity contribution in [2.45, 2.75) is 32.3 Å². The number of rotatable bonds is 5. The minimum absolute atomic E-state index is 0.356. The Morgan fingerprint density at radius 3 is 2.86 bits per heavy atom. The lowest BCUT2D eigenvalue weighted by molar-refractivity contribution is 0.165. The topological polar surface area (TPSA) is 46.2 Å². The molecule has 0 saturated carbocycles. The van der Waals surface area contributed by atoms with Crippen LogP contribution in [0.5, 0.6) is 0 Å². The normalized spacial score (nSPS) is 12.8. The van der Waals surface area contributed by atoms with Gasteiger partial charge in [0.05, 0.1) is 6.10 Å². The zero-order valence-electron chi connectivity index (χ0n) is 8.74. The minimum atomic E-state index is -0.356. The van der Waals surface area contributed by atoms with E-state index in [2.05, 4.69) is 19.1 Å². The summed E-state index contributed by atoms with van der Waals surface area (Å²) in [6.07, 6.45) is 2.28. The van der Waals surface area contributed by atoms with Crippen molar-refractivity contribution in [3.8, 4) is 0 Å². The van der Waals surface area contributed by atoms with Crippen molar-refractivity contribution in [2.24, 2.45) is 5.73 Å². The van der Waals surface area contributed by atoms with Crippen molar-refractivity contribution >= 4 is 0 Å². The maximum Gasteiger partial charge on any atom is 0.0790 e. The lowest BCUT2D eigenvalue weighted by Gasteiger charge is -2.11. The number of hydrogen-bond donors (Lipinski definition) is 2. The van der Waals surface area contributed by atoms with E-state index in [1.54, 1.807) is 0 Å². The smallest absolute Gasteiger partial charge is 0.0790 e. The largest absolute Gasteiger partial charge is 0.388 e. The van der Waals surface area contributed by atoms with Crippen LogP contribution in [0, 0.1) is 0 Å². The third-order valence-electron chi connectivity index (χ3n) is 2.43. The van der Waals surface area contributed by atoms with Gasteiger partial charge in [0.25, 0.3) is 0 Å². The summed E-state index contributed by atoms with van der Waals surface area (Å²) in [7, 11) is 0. The molecule has 78 valence electrons. The number of benzene rings is 1. The van der Waals surface area contributed by atoms with Crippen molar-refractivity contribution < 1.29 is 5.11 Å².